The number of esters is 2. The molecule has 5 nitrogen and oxygen atoms in total. The summed E-state index contributed by atoms with van der Waals surface area (Å²) in [6.07, 6.45) is 0. The number of likely N-dealkylation sites (N-methyl/N-ethyl adjacent to an activating group) is 1. The van der Waals surface area contributed by atoms with Crippen LogP contribution in [0.2, 0.25) is 0 Å². The highest BCUT2D eigenvalue weighted by Crippen LogP contribution is 1.82. The van der Waals surface area contributed by atoms with Crippen molar-refractivity contribution in [3.05, 3.63) is 0 Å². The Bertz CT molecular complexity index is 208. The van der Waals surface area contributed by atoms with E-state index < -0.39 is 11.9 Å². The zero-order chi connectivity index (χ0) is 13.8. The molecule has 0 aliphatic heterocycles. The maximum atomic E-state index is 10.6. The molecule has 0 aromatic rings. The van der Waals surface area contributed by atoms with Gasteiger partial charge in [0.15, 0.2) is 0 Å². The van der Waals surface area contributed by atoms with Crippen molar-refractivity contribution in [2.24, 2.45) is 0 Å². The van der Waals surface area contributed by atoms with E-state index in [2.05, 4.69) is 30.4 Å². The molecule has 102 valence electrons. The fourth-order valence-electron chi connectivity index (χ4n) is 1.12. The summed E-state index contributed by atoms with van der Waals surface area (Å²) in [5, 5.41) is 0. The van der Waals surface area contributed by atoms with Crippen molar-refractivity contribution >= 4 is 11.9 Å². The van der Waals surface area contributed by atoms with Crippen molar-refractivity contribution in [3.63, 3.8) is 0 Å². The Hall–Kier alpha value is -0.940. The van der Waals surface area contributed by atoms with Crippen LogP contribution in [-0.2, 0) is 14.3 Å². The molecular formula is C12H26N2O3. The number of carbonyl (C=O) groups is 2. The van der Waals surface area contributed by atoms with Crippen molar-refractivity contribution in [1.82, 2.24) is 9.80 Å². The number of carbonyl (C=O) groups excluding carboxylic acids is 2. The van der Waals surface area contributed by atoms with Gasteiger partial charge in [0.05, 0.1) is 6.54 Å². The molecule has 5 heteroatoms. The van der Waals surface area contributed by atoms with E-state index in [-0.39, 0.29) is 6.54 Å². The van der Waals surface area contributed by atoms with E-state index >= 15 is 0 Å². The molecule has 0 aromatic carbocycles. The SMILES string of the molecule is CC(=O)OC(=O)CN(C)C.CCN(CC)CC. The maximum Gasteiger partial charge on any atom is 0.327 e. The van der Waals surface area contributed by atoms with Gasteiger partial charge in [-0.2, -0.15) is 0 Å². The Morgan fingerprint density at radius 2 is 1.41 bits per heavy atom. The first-order valence-electron chi connectivity index (χ1n) is 5.95. The number of nitrogens with zero attached hydrogens (tertiary/aromatic N) is 2. The minimum atomic E-state index is -0.563. The lowest BCUT2D eigenvalue weighted by Gasteiger charge is -2.13. The lowest BCUT2D eigenvalue weighted by atomic mass is 10.5. The summed E-state index contributed by atoms with van der Waals surface area (Å²) < 4.78 is 4.24. The molecular weight excluding hydrogens is 220 g/mol. The second kappa shape index (κ2) is 11.5. The summed E-state index contributed by atoms with van der Waals surface area (Å²) in [5.41, 5.74) is 0. The van der Waals surface area contributed by atoms with Crippen LogP contribution in [0.5, 0.6) is 0 Å². The summed E-state index contributed by atoms with van der Waals surface area (Å²) in [6, 6.07) is 0. The van der Waals surface area contributed by atoms with Gasteiger partial charge in [-0.25, -0.2) is 0 Å². The molecule has 0 saturated heterocycles. The van der Waals surface area contributed by atoms with Gasteiger partial charge < -0.3 is 9.64 Å². The van der Waals surface area contributed by atoms with Crippen LogP contribution in [0, 0.1) is 0 Å². The Kier molecular flexibility index (Phi) is 12.5. The van der Waals surface area contributed by atoms with Gasteiger partial charge in [-0.3, -0.25) is 14.5 Å². The van der Waals surface area contributed by atoms with Crippen LogP contribution in [0.1, 0.15) is 27.7 Å². The van der Waals surface area contributed by atoms with Crippen molar-refractivity contribution in [1.29, 1.82) is 0 Å². The fraction of sp³-hybridized carbons (Fsp3) is 0.833. The van der Waals surface area contributed by atoms with E-state index in [0.717, 1.165) is 0 Å². The number of hydrogen-bond acceptors (Lipinski definition) is 5. The first kappa shape index (κ1) is 18.4. The van der Waals surface area contributed by atoms with Crippen molar-refractivity contribution in [2.75, 3.05) is 40.3 Å². The number of ether oxygens (including phenoxy) is 1. The second-order valence-electron chi connectivity index (χ2n) is 3.82. The normalized spacial score (nSPS) is 9.88. The summed E-state index contributed by atoms with van der Waals surface area (Å²) >= 11 is 0. The fourth-order valence-corrected chi connectivity index (χ4v) is 1.12. The van der Waals surface area contributed by atoms with E-state index in [0.29, 0.717) is 0 Å². The third-order valence-corrected chi connectivity index (χ3v) is 2.04. The molecule has 0 bridgehead atoms. The lowest BCUT2D eigenvalue weighted by molar-refractivity contribution is -0.158. The summed E-state index contributed by atoms with van der Waals surface area (Å²) in [7, 11) is 3.45. The van der Waals surface area contributed by atoms with Gasteiger partial charge in [-0.15, -0.1) is 0 Å². The molecule has 0 rings (SSSR count). The molecule has 0 aromatic heterocycles. The highest BCUT2D eigenvalue weighted by atomic mass is 16.6. The van der Waals surface area contributed by atoms with Gasteiger partial charge in [0.25, 0.3) is 0 Å². The minimum Gasteiger partial charge on any atom is -0.392 e. The van der Waals surface area contributed by atoms with Crippen molar-refractivity contribution < 1.29 is 14.3 Å². The minimum absolute atomic E-state index is 0.138. The summed E-state index contributed by atoms with van der Waals surface area (Å²) in [5.74, 6) is -1.08. The molecule has 0 unspecified atom stereocenters. The topological polar surface area (TPSA) is 49.9 Å². The molecule has 0 N–H and O–H groups in total. The van der Waals surface area contributed by atoms with E-state index in [9.17, 15) is 9.59 Å². The molecule has 0 saturated carbocycles. The number of rotatable bonds is 5. The van der Waals surface area contributed by atoms with E-state index in [4.69, 9.17) is 0 Å². The summed E-state index contributed by atoms with van der Waals surface area (Å²) in [6.45, 7) is 11.5. The van der Waals surface area contributed by atoms with Crippen LogP contribution in [0.4, 0.5) is 0 Å². The Morgan fingerprint density at radius 3 is 1.59 bits per heavy atom. The Morgan fingerprint density at radius 1 is 1.00 bits per heavy atom. The van der Waals surface area contributed by atoms with Gasteiger partial charge >= 0.3 is 11.9 Å². The van der Waals surface area contributed by atoms with Crippen LogP contribution < -0.4 is 0 Å². The van der Waals surface area contributed by atoms with Crippen LogP contribution in [0.3, 0.4) is 0 Å². The van der Waals surface area contributed by atoms with Gasteiger partial charge in [0.2, 0.25) is 0 Å². The van der Waals surface area contributed by atoms with Crippen LogP contribution >= 0.6 is 0 Å². The van der Waals surface area contributed by atoms with E-state index in [1.165, 1.54) is 26.6 Å². The quantitative estimate of drug-likeness (QED) is 0.535. The van der Waals surface area contributed by atoms with Crippen LogP contribution in [-0.4, -0.2) is 62.0 Å². The molecule has 0 aliphatic carbocycles. The van der Waals surface area contributed by atoms with Gasteiger partial charge in [-0.05, 0) is 33.7 Å². The molecule has 0 radical (unpaired) electrons. The molecule has 0 heterocycles. The molecule has 0 aliphatic rings. The third kappa shape index (κ3) is 15.1. The standard InChI is InChI=1S/C6H11NO3.C6H15N/c1-5(8)10-6(9)4-7(2)3;1-4-7(5-2)6-3/h4H2,1-3H3;4-6H2,1-3H3. The Labute approximate surface area is 105 Å². The first-order valence-corrected chi connectivity index (χ1v) is 5.95. The zero-order valence-corrected chi connectivity index (χ0v) is 11.9. The van der Waals surface area contributed by atoms with Gasteiger partial charge in [0.1, 0.15) is 0 Å². The average molecular weight is 246 g/mol. The summed E-state index contributed by atoms with van der Waals surface area (Å²) in [4.78, 5) is 24.8. The Balaban J connectivity index is 0. The van der Waals surface area contributed by atoms with Crippen molar-refractivity contribution in [3.8, 4) is 0 Å². The largest absolute Gasteiger partial charge is 0.392 e. The highest BCUT2D eigenvalue weighted by molar-refractivity contribution is 5.85. The zero-order valence-electron chi connectivity index (χ0n) is 11.9. The molecule has 0 spiro atoms. The van der Waals surface area contributed by atoms with Gasteiger partial charge in [-0.1, -0.05) is 20.8 Å². The maximum absolute atomic E-state index is 10.6. The highest BCUT2D eigenvalue weighted by Gasteiger charge is 2.05. The smallest absolute Gasteiger partial charge is 0.327 e. The monoisotopic (exact) mass is 246 g/mol. The third-order valence-electron chi connectivity index (χ3n) is 2.04. The van der Waals surface area contributed by atoms with E-state index in [1.54, 1.807) is 19.0 Å². The second-order valence-corrected chi connectivity index (χ2v) is 3.82. The lowest BCUT2D eigenvalue weighted by Crippen LogP contribution is -2.24. The first-order chi connectivity index (χ1) is 7.87. The predicted molar refractivity (Wildman–Crippen MR) is 68.8 cm³/mol. The predicted octanol–water partition coefficient (Wildman–Crippen LogP) is 0.986. The van der Waals surface area contributed by atoms with E-state index in [1.807, 2.05) is 0 Å². The van der Waals surface area contributed by atoms with Crippen molar-refractivity contribution in [2.45, 2.75) is 27.7 Å². The van der Waals surface area contributed by atoms with Gasteiger partial charge in [0, 0.05) is 6.92 Å². The molecule has 0 atom stereocenters. The molecule has 17 heavy (non-hydrogen) atoms. The molecule has 0 amide bonds. The van der Waals surface area contributed by atoms with Crippen LogP contribution in [0.25, 0.3) is 0 Å². The number of hydrogen-bond donors (Lipinski definition) is 0. The molecule has 0 fully saturated rings. The average Bonchev–Trinajstić information content (AvgIpc) is 2.18. The van der Waals surface area contributed by atoms with Crippen LogP contribution in [0.15, 0.2) is 0 Å².